The molecule has 0 aliphatic rings. The zero-order valence-corrected chi connectivity index (χ0v) is 7.73. The summed E-state index contributed by atoms with van der Waals surface area (Å²) in [5.41, 5.74) is 0. The number of hydrogen-bond donors (Lipinski definition) is 0. The maximum Gasteiger partial charge on any atom is 0.473 e. The van der Waals surface area contributed by atoms with E-state index in [4.69, 9.17) is 33.7 Å². The minimum Gasteiger partial charge on any atom is -0.262 e. The van der Waals surface area contributed by atoms with Crippen molar-refractivity contribution < 1.29 is 18.0 Å². The summed E-state index contributed by atoms with van der Waals surface area (Å²) in [6.07, 6.45) is -5.07. The van der Waals surface area contributed by atoms with Crippen LogP contribution in [0.2, 0.25) is 0 Å². The van der Waals surface area contributed by atoms with Crippen molar-refractivity contribution in [2.75, 3.05) is 0 Å². The lowest BCUT2D eigenvalue weighted by atomic mass is 10.6. The number of carbonyl (C=O) groups excluding carboxylic acids is 1. The van der Waals surface area contributed by atoms with Gasteiger partial charge in [0.25, 0.3) is 0 Å². The van der Waals surface area contributed by atoms with E-state index in [1.165, 1.54) is 0 Å². The lowest BCUT2D eigenvalue weighted by molar-refractivity contribution is -0.169. The molecule has 0 aromatic rings. The predicted molar refractivity (Wildman–Crippen MR) is 38.0 cm³/mol. The van der Waals surface area contributed by atoms with Gasteiger partial charge in [0.05, 0.1) is 0 Å². The van der Waals surface area contributed by atoms with Crippen LogP contribution in [-0.4, -0.2) is 12.1 Å². The number of rotatable bonds is 0. The zero-order valence-electron chi connectivity index (χ0n) is 4.57. The maximum absolute atomic E-state index is 11.4. The quantitative estimate of drug-likeness (QED) is 0.600. The molecule has 2 nitrogen and oxygen atoms in total. The first-order chi connectivity index (χ1) is 4.63. The molecule has 11 heavy (non-hydrogen) atoms. The van der Waals surface area contributed by atoms with Gasteiger partial charge in [-0.15, -0.1) is 0 Å². The molecule has 0 aliphatic heterocycles. The van der Waals surface area contributed by atoms with Crippen LogP contribution in [0.4, 0.5) is 13.2 Å². The number of carbonyl (C=O) groups is 1. The highest BCUT2D eigenvalue weighted by Crippen LogP contribution is 2.65. The Morgan fingerprint density at radius 2 is 1.64 bits per heavy atom. The fourth-order valence-corrected chi connectivity index (χ4v) is 1.10. The summed E-state index contributed by atoms with van der Waals surface area (Å²) in [5, 5.41) is -3.60. The second-order valence-corrected chi connectivity index (χ2v) is 8.32. The molecule has 0 atom stereocenters. The molecule has 0 heterocycles. The first-order valence-corrected chi connectivity index (χ1v) is 6.41. The highest BCUT2D eigenvalue weighted by Gasteiger charge is 2.39. The molecule has 0 aromatic heterocycles. The van der Waals surface area contributed by atoms with Crippen molar-refractivity contribution in [1.82, 2.24) is 0 Å². The molecule has 66 valence electrons. The van der Waals surface area contributed by atoms with Crippen LogP contribution in [0.5, 0.6) is 0 Å². The molecular weight excluding hydrogens is 248 g/mol. The van der Waals surface area contributed by atoms with Crippen molar-refractivity contribution in [3.05, 3.63) is 0 Å². The van der Waals surface area contributed by atoms with E-state index in [-0.39, 0.29) is 0 Å². The fourth-order valence-electron chi connectivity index (χ4n) is 0.160. The van der Waals surface area contributed by atoms with Gasteiger partial charge in [0.2, 0.25) is 5.11 Å². The van der Waals surface area contributed by atoms with Crippen molar-refractivity contribution in [3.63, 3.8) is 0 Å². The van der Waals surface area contributed by atoms with Crippen LogP contribution < -0.4 is 0 Å². The van der Waals surface area contributed by atoms with E-state index < -0.39 is 17.2 Å². The zero-order chi connectivity index (χ0) is 9.28. The Hall–Kier alpha value is 0.560. The molecule has 0 bridgehead atoms. The molecule has 0 N–H and O–H groups in total. The third kappa shape index (κ3) is 5.79. The fraction of sp³-hybridized carbons (Fsp3) is 0.500. The molecule has 0 rings (SSSR count). The highest BCUT2D eigenvalue weighted by atomic mass is 36.0. The molecule has 0 aliphatic carbocycles. The average molecular weight is 248 g/mol. The first-order valence-electron chi connectivity index (χ1n) is 1.95. The summed E-state index contributed by atoms with van der Waals surface area (Å²) in [6.45, 7) is 0. The van der Waals surface area contributed by atoms with E-state index >= 15 is 0 Å². The third-order valence-corrected chi connectivity index (χ3v) is 1.54. The summed E-state index contributed by atoms with van der Waals surface area (Å²) >= 11 is 14.7. The maximum atomic E-state index is 11.4. The molecule has 0 radical (unpaired) electrons. The van der Waals surface area contributed by atoms with Crippen LogP contribution in [0.15, 0.2) is 4.74 Å². The summed E-state index contributed by atoms with van der Waals surface area (Å²) in [6, 6.07) is 0. The SMILES string of the molecule is O=C(N=P(Cl)(Cl)Cl)C(F)(F)F. The second kappa shape index (κ2) is 3.52. The molecule has 0 unspecified atom stereocenters. The van der Waals surface area contributed by atoms with Gasteiger partial charge in [0.15, 0.2) is 0 Å². The Kier molecular flexibility index (Phi) is 3.70. The normalized spacial score (nSPS) is 12.9. The number of alkyl halides is 3. The Balaban J connectivity index is 4.58. The van der Waals surface area contributed by atoms with Crippen molar-refractivity contribution in [2.45, 2.75) is 6.18 Å². The molecule has 0 aromatic carbocycles. The third-order valence-electron chi connectivity index (χ3n) is 0.447. The topological polar surface area (TPSA) is 29.4 Å². The number of hydrogen-bond acceptors (Lipinski definition) is 1. The highest BCUT2D eigenvalue weighted by molar-refractivity contribution is 8.26. The average Bonchev–Trinajstić information content (AvgIpc) is 1.56. The predicted octanol–water partition coefficient (Wildman–Crippen LogP) is 3.74. The minimum absolute atomic E-state index is 2.32. The molecule has 1 amide bonds. The van der Waals surface area contributed by atoms with Crippen LogP contribution in [0.1, 0.15) is 0 Å². The minimum atomic E-state index is -5.07. The largest absolute Gasteiger partial charge is 0.473 e. The molecule has 0 fully saturated rings. The first kappa shape index (κ1) is 11.6. The van der Waals surface area contributed by atoms with Gasteiger partial charge in [0, 0.05) is 0 Å². The smallest absolute Gasteiger partial charge is 0.262 e. The van der Waals surface area contributed by atoms with Gasteiger partial charge in [-0.3, -0.25) is 4.79 Å². The van der Waals surface area contributed by atoms with Crippen molar-refractivity contribution >= 4 is 44.7 Å². The van der Waals surface area contributed by atoms with Gasteiger partial charge in [-0.05, 0) is 33.7 Å². The Bertz CT molecular complexity index is 211. The molecular formula is C2Cl3F3NOP. The van der Waals surface area contributed by atoms with E-state index in [1.807, 2.05) is 0 Å². The Morgan fingerprint density at radius 3 is 1.73 bits per heavy atom. The number of halogens is 6. The van der Waals surface area contributed by atoms with E-state index in [0.717, 1.165) is 0 Å². The van der Waals surface area contributed by atoms with Crippen LogP contribution in [-0.2, 0) is 4.79 Å². The summed E-state index contributed by atoms with van der Waals surface area (Å²) in [7, 11) is 0. The summed E-state index contributed by atoms with van der Waals surface area (Å²) in [5.74, 6) is -2.37. The van der Waals surface area contributed by atoms with Gasteiger partial charge in [0.1, 0.15) is 0 Å². The summed E-state index contributed by atoms with van der Waals surface area (Å²) < 4.78 is 36.5. The van der Waals surface area contributed by atoms with Gasteiger partial charge in [-0.1, -0.05) is 0 Å². The van der Waals surface area contributed by atoms with Gasteiger partial charge in [-0.2, -0.15) is 17.9 Å². The van der Waals surface area contributed by atoms with Crippen LogP contribution in [0.3, 0.4) is 0 Å². The van der Waals surface area contributed by atoms with Gasteiger partial charge in [-0.25, -0.2) is 0 Å². The van der Waals surface area contributed by atoms with Crippen LogP contribution in [0.25, 0.3) is 0 Å². The Morgan fingerprint density at radius 1 is 1.27 bits per heavy atom. The van der Waals surface area contributed by atoms with Crippen molar-refractivity contribution in [2.24, 2.45) is 4.74 Å². The van der Waals surface area contributed by atoms with Crippen molar-refractivity contribution in [3.8, 4) is 0 Å². The van der Waals surface area contributed by atoms with E-state index in [1.54, 1.807) is 0 Å². The summed E-state index contributed by atoms with van der Waals surface area (Å²) in [4.78, 5) is 9.96. The van der Waals surface area contributed by atoms with Crippen LogP contribution >= 0.6 is 38.8 Å². The van der Waals surface area contributed by atoms with E-state index in [0.29, 0.717) is 0 Å². The standard InChI is InChI=1S/C2Cl3F3NOP/c3-11(4,5)9-1(10)2(6,7)8. The van der Waals surface area contributed by atoms with Crippen molar-refractivity contribution in [1.29, 1.82) is 0 Å². The molecule has 0 saturated carbocycles. The van der Waals surface area contributed by atoms with E-state index in [2.05, 4.69) is 4.74 Å². The number of amides is 1. The lowest BCUT2D eigenvalue weighted by Crippen LogP contribution is -2.19. The Labute approximate surface area is 74.0 Å². The van der Waals surface area contributed by atoms with Gasteiger partial charge < -0.3 is 0 Å². The lowest BCUT2D eigenvalue weighted by Gasteiger charge is -2.00. The van der Waals surface area contributed by atoms with Crippen LogP contribution in [0, 0.1) is 0 Å². The molecule has 0 spiro atoms. The monoisotopic (exact) mass is 247 g/mol. The van der Waals surface area contributed by atoms with Gasteiger partial charge >= 0.3 is 12.1 Å². The van der Waals surface area contributed by atoms with E-state index in [9.17, 15) is 18.0 Å². The molecule has 9 heteroatoms. The second-order valence-electron chi connectivity index (χ2n) is 1.32. The molecule has 0 saturated heterocycles. The number of nitrogens with zero attached hydrogens (tertiary/aromatic N) is 1.